The number of ether oxygens (including phenoxy) is 2. The molecule has 0 aromatic carbocycles. The molecule has 1 aliphatic heterocycles. The van der Waals surface area contributed by atoms with Crippen LogP contribution in [-0.2, 0) is 15.9 Å². The smallest absolute Gasteiger partial charge is 0.177 e. The first-order valence-corrected chi connectivity index (χ1v) is 8.68. The highest BCUT2D eigenvalue weighted by molar-refractivity contribution is 5.61. The van der Waals surface area contributed by atoms with Crippen LogP contribution in [0, 0.1) is 5.41 Å². The molecule has 2 aliphatic carbocycles. The predicted octanol–water partition coefficient (Wildman–Crippen LogP) is 3.14. The molecular weight excluding hydrogens is 302 g/mol. The fourth-order valence-corrected chi connectivity index (χ4v) is 4.62. The first kappa shape index (κ1) is 14.4. The van der Waals surface area contributed by atoms with Crippen LogP contribution in [0.5, 0.6) is 0 Å². The van der Waals surface area contributed by atoms with Gasteiger partial charge in [-0.3, -0.25) is 4.98 Å². The van der Waals surface area contributed by atoms with Crippen molar-refractivity contribution < 1.29 is 9.47 Å². The highest BCUT2D eigenvalue weighted by Crippen LogP contribution is 2.56. The molecule has 124 valence electrons. The lowest BCUT2D eigenvalue weighted by molar-refractivity contribution is -0.234. The molecule has 0 N–H and O–H groups in total. The van der Waals surface area contributed by atoms with E-state index < -0.39 is 5.79 Å². The number of nitrogens with zero attached hydrogens (tertiary/aromatic N) is 3. The van der Waals surface area contributed by atoms with Crippen molar-refractivity contribution in [1.29, 1.82) is 0 Å². The van der Waals surface area contributed by atoms with Gasteiger partial charge in [-0.25, -0.2) is 4.68 Å². The number of hydrogen-bond acceptors (Lipinski definition) is 4. The van der Waals surface area contributed by atoms with Crippen LogP contribution in [-0.4, -0.2) is 33.8 Å². The van der Waals surface area contributed by atoms with Gasteiger partial charge < -0.3 is 9.47 Å². The van der Waals surface area contributed by atoms with Crippen molar-refractivity contribution >= 4 is 6.08 Å². The van der Waals surface area contributed by atoms with Crippen molar-refractivity contribution in [1.82, 2.24) is 14.8 Å². The summed E-state index contributed by atoms with van der Waals surface area (Å²) in [6, 6.07) is 3.98. The zero-order chi connectivity index (χ0) is 16.2. The standard InChI is InChI=1S/C19H21N3O2/c1-18-12-14-13-21-22(16-4-7-20-8-5-16)17(14)11-15(18)3-2-6-19(18)23-9-10-24-19/h4-5,7-8,11,13H,2-3,6,9-10,12H2,1H3. The second-order valence-electron chi connectivity index (χ2n) is 7.15. The molecule has 5 rings (SSSR count). The summed E-state index contributed by atoms with van der Waals surface area (Å²) in [6.07, 6.45) is 12.0. The summed E-state index contributed by atoms with van der Waals surface area (Å²) >= 11 is 0. The van der Waals surface area contributed by atoms with Crippen LogP contribution in [0.3, 0.4) is 0 Å². The average molecular weight is 323 g/mol. The van der Waals surface area contributed by atoms with Gasteiger partial charge in [0.15, 0.2) is 5.79 Å². The molecule has 0 bridgehead atoms. The summed E-state index contributed by atoms with van der Waals surface area (Å²) in [7, 11) is 0. The molecule has 2 aromatic heterocycles. The molecule has 5 nitrogen and oxygen atoms in total. The Morgan fingerprint density at radius 1 is 1.17 bits per heavy atom. The molecule has 1 spiro atoms. The van der Waals surface area contributed by atoms with E-state index in [9.17, 15) is 0 Å². The highest BCUT2D eigenvalue weighted by Gasteiger charge is 2.57. The van der Waals surface area contributed by atoms with Gasteiger partial charge in [0.1, 0.15) is 0 Å². The van der Waals surface area contributed by atoms with Crippen molar-refractivity contribution in [3.8, 4) is 5.69 Å². The van der Waals surface area contributed by atoms with E-state index in [1.54, 1.807) is 12.4 Å². The van der Waals surface area contributed by atoms with Gasteiger partial charge in [-0.1, -0.05) is 12.5 Å². The zero-order valence-corrected chi connectivity index (χ0v) is 13.9. The lowest BCUT2D eigenvalue weighted by Gasteiger charge is -2.50. The van der Waals surface area contributed by atoms with Crippen LogP contribution in [0.4, 0.5) is 0 Å². The van der Waals surface area contributed by atoms with Gasteiger partial charge in [-0.05, 0) is 43.0 Å². The Morgan fingerprint density at radius 2 is 1.96 bits per heavy atom. The Morgan fingerprint density at radius 3 is 2.75 bits per heavy atom. The minimum absolute atomic E-state index is 0.0964. The first-order valence-electron chi connectivity index (χ1n) is 8.68. The molecule has 1 atom stereocenters. The number of fused-ring (bicyclic) bond motifs is 3. The van der Waals surface area contributed by atoms with Gasteiger partial charge in [0.2, 0.25) is 0 Å². The SMILES string of the molecule is CC12Cc3cnn(-c4ccncc4)c3C=C1CCCC21OCCO1. The van der Waals surface area contributed by atoms with Crippen LogP contribution in [0.1, 0.15) is 37.4 Å². The normalized spacial score (nSPS) is 27.6. The molecule has 1 saturated carbocycles. The summed E-state index contributed by atoms with van der Waals surface area (Å²) < 4.78 is 14.3. The number of aromatic nitrogens is 3. The molecule has 1 unspecified atom stereocenters. The number of hydrogen-bond donors (Lipinski definition) is 0. The maximum atomic E-state index is 6.16. The second-order valence-corrected chi connectivity index (χ2v) is 7.15. The van der Waals surface area contributed by atoms with Gasteiger partial charge in [-0.2, -0.15) is 5.10 Å². The van der Waals surface area contributed by atoms with E-state index in [1.807, 2.05) is 23.0 Å². The Hall–Kier alpha value is -1.98. The largest absolute Gasteiger partial charge is 0.347 e. The quantitative estimate of drug-likeness (QED) is 0.809. The predicted molar refractivity (Wildman–Crippen MR) is 89.6 cm³/mol. The van der Waals surface area contributed by atoms with E-state index in [1.165, 1.54) is 16.8 Å². The lowest BCUT2D eigenvalue weighted by atomic mass is 9.62. The average Bonchev–Trinajstić information content (AvgIpc) is 3.23. The topological polar surface area (TPSA) is 49.2 Å². The van der Waals surface area contributed by atoms with Gasteiger partial charge in [-0.15, -0.1) is 0 Å². The molecule has 3 aliphatic rings. The number of rotatable bonds is 1. The first-order chi connectivity index (χ1) is 11.7. The Kier molecular flexibility index (Phi) is 3.00. The fourth-order valence-electron chi connectivity index (χ4n) is 4.62. The lowest BCUT2D eigenvalue weighted by Crippen LogP contribution is -2.53. The molecule has 24 heavy (non-hydrogen) atoms. The van der Waals surface area contributed by atoms with Crippen molar-refractivity contribution in [3.63, 3.8) is 0 Å². The summed E-state index contributed by atoms with van der Waals surface area (Å²) in [5.74, 6) is -0.451. The molecule has 0 amide bonds. The monoisotopic (exact) mass is 323 g/mol. The van der Waals surface area contributed by atoms with E-state index in [-0.39, 0.29) is 5.41 Å². The third-order valence-electron chi connectivity index (χ3n) is 5.90. The van der Waals surface area contributed by atoms with Gasteiger partial charge in [0.25, 0.3) is 0 Å². The van der Waals surface area contributed by atoms with E-state index in [0.717, 1.165) is 31.4 Å². The molecule has 0 radical (unpaired) electrons. The van der Waals surface area contributed by atoms with Gasteiger partial charge in [0, 0.05) is 24.2 Å². The van der Waals surface area contributed by atoms with E-state index in [2.05, 4.69) is 23.1 Å². The fraction of sp³-hybridized carbons (Fsp3) is 0.474. The van der Waals surface area contributed by atoms with Crippen molar-refractivity contribution in [3.05, 3.63) is 47.6 Å². The minimum Gasteiger partial charge on any atom is -0.347 e. The third kappa shape index (κ3) is 1.82. The van der Waals surface area contributed by atoms with E-state index >= 15 is 0 Å². The van der Waals surface area contributed by atoms with E-state index in [0.29, 0.717) is 13.2 Å². The summed E-state index contributed by atoms with van der Waals surface area (Å²) in [6.45, 7) is 3.70. The maximum Gasteiger partial charge on any atom is 0.177 e. The molecule has 3 heterocycles. The van der Waals surface area contributed by atoms with Crippen molar-refractivity contribution in [2.75, 3.05) is 13.2 Å². The maximum absolute atomic E-state index is 6.16. The summed E-state index contributed by atoms with van der Waals surface area (Å²) in [5.41, 5.74) is 4.83. The van der Waals surface area contributed by atoms with Crippen LogP contribution in [0.25, 0.3) is 11.8 Å². The summed E-state index contributed by atoms with van der Waals surface area (Å²) in [5, 5.41) is 4.63. The second kappa shape index (κ2) is 5.01. The Bertz CT molecular complexity index is 805. The molecular formula is C19H21N3O2. The highest BCUT2D eigenvalue weighted by atomic mass is 16.7. The van der Waals surface area contributed by atoms with E-state index in [4.69, 9.17) is 9.47 Å². The minimum atomic E-state index is -0.451. The molecule has 2 fully saturated rings. The number of pyridine rings is 1. The van der Waals surface area contributed by atoms with Crippen LogP contribution >= 0.6 is 0 Å². The molecule has 1 saturated heterocycles. The third-order valence-corrected chi connectivity index (χ3v) is 5.90. The summed E-state index contributed by atoms with van der Waals surface area (Å²) in [4.78, 5) is 4.10. The molecule has 2 aromatic rings. The Balaban J connectivity index is 1.62. The van der Waals surface area contributed by atoms with Gasteiger partial charge >= 0.3 is 0 Å². The van der Waals surface area contributed by atoms with Crippen LogP contribution in [0.2, 0.25) is 0 Å². The molecule has 5 heteroatoms. The van der Waals surface area contributed by atoms with Gasteiger partial charge in [0.05, 0.1) is 30.8 Å². The Labute approximate surface area is 141 Å². The van der Waals surface area contributed by atoms with Crippen molar-refractivity contribution in [2.45, 2.75) is 38.4 Å². The van der Waals surface area contributed by atoms with Crippen LogP contribution < -0.4 is 0 Å². The zero-order valence-electron chi connectivity index (χ0n) is 13.9. The van der Waals surface area contributed by atoms with Crippen molar-refractivity contribution in [2.24, 2.45) is 5.41 Å². The van der Waals surface area contributed by atoms with Crippen LogP contribution in [0.15, 0.2) is 36.3 Å².